The second-order valence-electron chi connectivity index (χ2n) is 5.10. The number of nitrogens with one attached hydrogen (secondary N) is 1. The fourth-order valence-electron chi connectivity index (χ4n) is 2.25. The smallest absolute Gasteiger partial charge is 0.259 e. The van der Waals surface area contributed by atoms with Gasteiger partial charge in [0.05, 0.1) is 20.8 Å². The SMILES string of the molecule is O=C(Nc1nc(-c2nc3ccccc3s2)cs1)c1cc(Cl)ccc1Cl. The number of para-hydroxylation sites is 1. The maximum Gasteiger partial charge on any atom is 0.259 e. The zero-order valence-electron chi connectivity index (χ0n) is 12.5. The Labute approximate surface area is 161 Å². The molecule has 0 saturated carbocycles. The van der Waals surface area contributed by atoms with Gasteiger partial charge in [-0.1, -0.05) is 35.3 Å². The average Bonchev–Trinajstić information content (AvgIpc) is 3.23. The van der Waals surface area contributed by atoms with Crippen molar-refractivity contribution in [1.82, 2.24) is 9.97 Å². The molecule has 1 amide bonds. The topological polar surface area (TPSA) is 54.9 Å². The van der Waals surface area contributed by atoms with Gasteiger partial charge in [0.2, 0.25) is 0 Å². The molecular formula is C17H9Cl2N3OS2. The minimum Gasteiger partial charge on any atom is -0.298 e. The summed E-state index contributed by atoms with van der Waals surface area (Å²) in [6.45, 7) is 0. The number of hydrogen-bond donors (Lipinski definition) is 1. The Kier molecular flexibility index (Phi) is 4.43. The van der Waals surface area contributed by atoms with E-state index in [0.29, 0.717) is 20.7 Å². The number of aromatic nitrogens is 2. The molecule has 2 heterocycles. The van der Waals surface area contributed by atoms with E-state index in [0.717, 1.165) is 20.9 Å². The first kappa shape index (κ1) is 16.5. The van der Waals surface area contributed by atoms with Gasteiger partial charge < -0.3 is 0 Å². The van der Waals surface area contributed by atoms with Crippen molar-refractivity contribution in [3.05, 3.63) is 63.5 Å². The van der Waals surface area contributed by atoms with Crippen molar-refractivity contribution < 1.29 is 4.79 Å². The van der Waals surface area contributed by atoms with Crippen LogP contribution in [0.3, 0.4) is 0 Å². The number of thiazole rings is 2. The average molecular weight is 406 g/mol. The highest BCUT2D eigenvalue weighted by atomic mass is 35.5. The van der Waals surface area contributed by atoms with Crippen LogP contribution in [-0.4, -0.2) is 15.9 Å². The summed E-state index contributed by atoms with van der Waals surface area (Å²) in [6, 6.07) is 12.7. The zero-order chi connectivity index (χ0) is 17.4. The zero-order valence-corrected chi connectivity index (χ0v) is 15.6. The largest absolute Gasteiger partial charge is 0.298 e. The van der Waals surface area contributed by atoms with Crippen molar-refractivity contribution >= 4 is 67.1 Å². The van der Waals surface area contributed by atoms with Gasteiger partial charge in [-0.2, -0.15) is 0 Å². The van der Waals surface area contributed by atoms with E-state index in [1.165, 1.54) is 17.4 Å². The van der Waals surface area contributed by atoms with Crippen molar-refractivity contribution in [3.8, 4) is 10.7 Å². The molecule has 25 heavy (non-hydrogen) atoms. The maximum atomic E-state index is 12.4. The number of fused-ring (bicyclic) bond motifs is 1. The monoisotopic (exact) mass is 405 g/mol. The molecule has 0 fully saturated rings. The van der Waals surface area contributed by atoms with E-state index < -0.39 is 0 Å². The summed E-state index contributed by atoms with van der Waals surface area (Å²) in [6.07, 6.45) is 0. The van der Waals surface area contributed by atoms with Crippen LogP contribution >= 0.6 is 45.9 Å². The van der Waals surface area contributed by atoms with Gasteiger partial charge in [-0.3, -0.25) is 10.1 Å². The van der Waals surface area contributed by atoms with Crippen LogP contribution in [0.4, 0.5) is 5.13 Å². The summed E-state index contributed by atoms with van der Waals surface area (Å²) in [7, 11) is 0. The van der Waals surface area contributed by atoms with Crippen LogP contribution in [0.1, 0.15) is 10.4 Å². The second kappa shape index (κ2) is 6.72. The van der Waals surface area contributed by atoms with Crippen LogP contribution in [0.5, 0.6) is 0 Å². The summed E-state index contributed by atoms with van der Waals surface area (Å²) in [5, 5.41) is 6.71. The Hall–Kier alpha value is -1.99. The summed E-state index contributed by atoms with van der Waals surface area (Å²) in [5.74, 6) is -0.349. The van der Waals surface area contributed by atoms with E-state index in [2.05, 4.69) is 15.3 Å². The molecule has 0 unspecified atom stereocenters. The molecule has 0 aliphatic carbocycles. The Morgan fingerprint density at radius 1 is 1.08 bits per heavy atom. The fourth-order valence-corrected chi connectivity index (χ4v) is 4.31. The Bertz CT molecular complexity index is 1060. The first-order valence-electron chi connectivity index (χ1n) is 7.18. The molecular weight excluding hydrogens is 397 g/mol. The molecule has 4 nitrogen and oxygen atoms in total. The molecule has 0 radical (unpaired) electrons. The molecule has 124 valence electrons. The third-order valence-electron chi connectivity index (χ3n) is 3.41. The van der Waals surface area contributed by atoms with Gasteiger partial charge in [0, 0.05) is 10.4 Å². The molecule has 4 rings (SSSR count). The minimum absolute atomic E-state index is 0.311. The van der Waals surface area contributed by atoms with Crippen LogP contribution in [0.25, 0.3) is 20.9 Å². The Morgan fingerprint density at radius 2 is 1.92 bits per heavy atom. The van der Waals surface area contributed by atoms with Crippen molar-refractivity contribution in [2.45, 2.75) is 0 Å². The molecule has 0 bridgehead atoms. The number of hydrogen-bond acceptors (Lipinski definition) is 5. The lowest BCUT2D eigenvalue weighted by atomic mass is 10.2. The third-order valence-corrected chi connectivity index (χ3v) is 5.79. The Morgan fingerprint density at radius 3 is 2.76 bits per heavy atom. The van der Waals surface area contributed by atoms with E-state index >= 15 is 0 Å². The number of halogens is 2. The molecule has 0 spiro atoms. The molecule has 4 aromatic rings. The lowest BCUT2D eigenvalue weighted by Crippen LogP contribution is -2.12. The van der Waals surface area contributed by atoms with Crippen LogP contribution in [0, 0.1) is 0 Å². The van der Waals surface area contributed by atoms with E-state index in [1.54, 1.807) is 23.5 Å². The molecule has 2 aromatic carbocycles. The second-order valence-corrected chi connectivity index (χ2v) is 7.84. The summed E-state index contributed by atoms with van der Waals surface area (Å²) in [5.41, 5.74) is 1.98. The lowest BCUT2D eigenvalue weighted by molar-refractivity contribution is 0.102. The summed E-state index contributed by atoms with van der Waals surface area (Å²) < 4.78 is 1.10. The highest BCUT2D eigenvalue weighted by molar-refractivity contribution is 7.22. The number of benzene rings is 2. The number of amides is 1. The van der Waals surface area contributed by atoms with Crippen molar-refractivity contribution in [3.63, 3.8) is 0 Å². The molecule has 0 aliphatic rings. The van der Waals surface area contributed by atoms with Gasteiger partial charge in [0.25, 0.3) is 5.91 Å². The van der Waals surface area contributed by atoms with Crippen molar-refractivity contribution in [1.29, 1.82) is 0 Å². The summed E-state index contributed by atoms with van der Waals surface area (Å²) >= 11 is 14.9. The predicted molar refractivity (Wildman–Crippen MR) is 105 cm³/mol. The van der Waals surface area contributed by atoms with Gasteiger partial charge in [0.1, 0.15) is 10.7 Å². The number of rotatable bonds is 3. The molecule has 0 aliphatic heterocycles. The third kappa shape index (κ3) is 3.39. The maximum absolute atomic E-state index is 12.4. The molecule has 0 atom stereocenters. The number of carbonyl (C=O) groups excluding carboxylic acids is 1. The molecule has 8 heteroatoms. The van der Waals surface area contributed by atoms with E-state index in [-0.39, 0.29) is 5.91 Å². The van der Waals surface area contributed by atoms with E-state index in [9.17, 15) is 4.79 Å². The first-order chi connectivity index (χ1) is 12.1. The van der Waals surface area contributed by atoms with Crippen LogP contribution < -0.4 is 5.32 Å². The molecule has 0 saturated heterocycles. The van der Waals surface area contributed by atoms with E-state index in [1.807, 2.05) is 29.6 Å². The number of nitrogens with zero attached hydrogens (tertiary/aromatic N) is 2. The van der Waals surface area contributed by atoms with E-state index in [4.69, 9.17) is 23.2 Å². The van der Waals surface area contributed by atoms with Gasteiger partial charge >= 0.3 is 0 Å². The number of carbonyl (C=O) groups is 1. The standard InChI is InChI=1S/C17H9Cl2N3OS2/c18-9-5-6-11(19)10(7-9)15(23)22-17-21-13(8-24-17)16-20-12-3-1-2-4-14(12)25-16/h1-8H,(H,21,22,23). The van der Waals surface area contributed by atoms with Crippen molar-refractivity contribution in [2.75, 3.05) is 5.32 Å². The quantitative estimate of drug-likeness (QED) is 0.455. The van der Waals surface area contributed by atoms with Crippen LogP contribution in [0.2, 0.25) is 10.0 Å². The van der Waals surface area contributed by atoms with Gasteiger partial charge in [0.15, 0.2) is 5.13 Å². The summed E-state index contributed by atoms with van der Waals surface area (Å²) in [4.78, 5) is 21.4. The fraction of sp³-hybridized carbons (Fsp3) is 0. The highest BCUT2D eigenvalue weighted by Gasteiger charge is 2.15. The van der Waals surface area contributed by atoms with Crippen molar-refractivity contribution in [2.24, 2.45) is 0 Å². The predicted octanol–water partition coefficient (Wildman–Crippen LogP) is 5.98. The van der Waals surface area contributed by atoms with Gasteiger partial charge in [-0.15, -0.1) is 22.7 Å². The minimum atomic E-state index is -0.349. The normalized spacial score (nSPS) is 11.0. The lowest BCUT2D eigenvalue weighted by Gasteiger charge is -2.04. The number of anilines is 1. The van der Waals surface area contributed by atoms with Gasteiger partial charge in [-0.25, -0.2) is 9.97 Å². The van der Waals surface area contributed by atoms with Crippen LogP contribution in [0.15, 0.2) is 47.8 Å². The molecule has 1 N–H and O–H groups in total. The van der Waals surface area contributed by atoms with Crippen LogP contribution in [-0.2, 0) is 0 Å². The Balaban J connectivity index is 1.59. The highest BCUT2D eigenvalue weighted by Crippen LogP contribution is 2.32. The van der Waals surface area contributed by atoms with Gasteiger partial charge in [-0.05, 0) is 30.3 Å². The molecule has 2 aromatic heterocycles. The first-order valence-corrected chi connectivity index (χ1v) is 9.63.